The number of likely N-dealkylation sites (N-methyl/N-ethyl adjacent to an activating group) is 1. The van der Waals surface area contributed by atoms with Crippen LogP contribution < -0.4 is 10.1 Å². The Bertz CT molecular complexity index is 1690. The van der Waals surface area contributed by atoms with E-state index in [4.69, 9.17) is 27.9 Å². The highest BCUT2D eigenvalue weighted by atomic mass is 35.5. The van der Waals surface area contributed by atoms with Crippen molar-refractivity contribution in [3.05, 3.63) is 93.6 Å². The van der Waals surface area contributed by atoms with Gasteiger partial charge >= 0.3 is 0 Å². The summed E-state index contributed by atoms with van der Waals surface area (Å²) >= 11 is 12.4. The number of halogens is 2. The summed E-state index contributed by atoms with van der Waals surface area (Å²) in [5, 5.41) is 15.1. The lowest BCUT2D eigenvalue weighted by Crippen LogP contribution is -2.47. The molecule has 5 rings (SSSR count). The van der Waals surface area contributed by atoms with Gasteiger partial charge in [-0.3, -0.25) is 14.5 Å². The molecule has 1 aromatic heterocycles. The molecule has 4 aromatic rings. The summed E-state index contributed by atoms with van der Waals surface area (Å²) in [4.78, 5) is 30.6. The molecule has 3 atom stereocenters. The molecule has 0 saturated carbocycles. The molecule has 10 heteroatoms. The van der Waals surface area contributed by atoms with Crippen molar-refractivity contribution < 1.29 is 19.4 Å². The number of hydrogen-bond acceptors (Lipinski definition) is 5. The number of aliphatic hydroxyl groups excluding tert-OH is 1. The van der Waals surface area contributed by atoms with Crippen LogP contribution in [-0.2, 0) is 36.0 Å². The van der Waals surface area contributed by atoms with E-state index in [2.05, 4.69) is 17.1 Å². The van der Waals surface area contributed by atoms with Crippen molar-refractivity contribution in [1.29, 1.82) is 0 Å². The monoisotopic (exact) mass is 650 g/mol. The number of anilines is 1. The maximum Gasteiger partial charge on any atom is 0.228 e. The number of fused-ring (bicyclic) bond motifs is 2. The van der Waals surface area contributed by atoms with Crippen LogP contribution in [0.5, 0.6) is 5.75 Å². The van der Waals surface area contributed by atoms with Gasteiger partial charge in [-0.25, -0.2) is 0 Å². The Hall–Kier alpha value is -3.56. The highest BCUT2D eigenvalue weighted by Gasteiger charge is 2.31. The van der Waals surface area contributed by atoms with Crippen molar-refractivity contribution in [2.75, 3.05) is 32.1 Å². The summed E-state index contributed by atoms with van der Waals surface area (Å²) in [6, 6.07) is 18.7. The molecule has 2 amide bonds. The Morgan fingerprint density at radius 2 is 1.91 bits per heavy atom. The van der Waals surface area contributed by atoms with Gasteiger partial charge in [0.15, 0.2) is 0 Å². The van der Waals surface area contributed by atoms with E-state index >= 15 is 0 Å². The second kappa shape index (κ2) is 14.3. The quantitative estimate of drug-likeness (QED) is 0.234. The van der Waals surface area contributed by atoms with E-state index in [0.717, 1.165) is 22.0 Å². The zero-order valence-electron chi connectivity index (χ0n) is 26.1. The van der Waals surface area contributed by atoms with Crippen molar-refractivity contribution in [3.8, 4) is 5.75 Å². The number of aryl methyl sites for hydroxylation is 1. The van der Waals surface area contributed by atoms with Gasteiger partial charge in [0.25, 0.3) is 0 Å². The first-order valence-electron chi connectivity index (χ1n) is 15.2. The number of aromatic nitrogens is 1. The van der Waals surface area contributed by atoms with Crippen molar-refractivity contribution in [1.82, 2.24) is 14.4 Å². The van der Waals surface area contributed by atoms with E-state index < -0.39 is 0 Å². The fraction of sp³-hybridized carbons (Fsp3) is 0.371. The molecule has 0 radical (unpaired) electrons. The fourth-order valence-corrected chi connectivity index (χ4v) is 6.31. The molecule has 2 heterocycles. The van der Waals surface area contributed by atoms with E-state index in [1.807, 2.05) is 86.4 Å². The van der Waals surface area contributed by atoms with Crippen LogP contribution in [0.15, 0.2) is 66.9 Å². The number of amides is 2. The molecule has 0 fully saturated rings. The van der Waals surface area contributed by atoms with Crippen LogP contribution in [0.2, 0.25) is 10.0 Å². The number of hydrogen-bond donors (Lipinski definition) is 2. The number of carbonyl (C=O) groups excluding carboxylic acids is 2. The summed E-state index contributed by atoms with van der Waals surface area (Å²) in [6.07, 6.45) is 2.03. The van der Waals surface area contributed by atoms with Crippen molar-refractivity contribution in [3.63, 3.8) is 0 Å². The lowest BCUT2D eigenvalue weighted by molar-refractivity contribution is -0.134. The average Bonchev–Trinajstić information content (AvgIpc) is 3.33. The first kappa shape index (κ1) is 32.8. The number of nitrogens with one attached hydrogen (secondary N) is 1. The highest BCUT2D eigenvalue weighted by Crippen LogP contribution is 2.30. The van der Waals surface area contributed by atoms with Gasteiger partial charge in [-0.15, -0.1) is 0 Å². The van der Waals surface area contributed by atoms with E-state index in [1.54, 1.807) is 11.0 Å². The second-order valence-corrected chi connectivity index (χ2v) is 13.0. The second-order valence-electron chi connectivity index (χ2n) is 12.2. The minimum atomic E-state index is -0.348. The number of para-hydroxylation sites is 1. The van der Waals surface area contributed by atoms with Crippen molar-refractivity contribution in [2.24, 2.45) is 13.0 Å². The number of aliphatic hydroxyl groups is 1. The Morgan fingerprint density at radius 1 is 1.13 bits per heavy atom. The summed E-state index contributed by atoms with van der Waals surface area (Å²) in [7, 11) is 3.98. The number of ether oxygens (including phenoxy) is 1. The standard InChI is InChI=1S/C35H40Cl2N4O4/c1-22-17-41(23(2)21-42)35(44)16-25-14-27(38-34(43)15-26-19-40(4)31-8-6-5-7-28(26)31)10-12-32(25)45-33(22)20-39(3)18-24-9-11-29(36)30(37)13-24/h5-14,19,22-23,33,42H,15-18,20-21H2,1-4H3,(H,38,43)/t22-,23-,33+/m1/s1. The molecule has 0 bridgehead atoms. The molecule has 3 aromatic carbocycles. The summed E-state index contributed by atoms with van der Waals surface area (Å²) < 4.78 is 8.67. The molecule has 0 spiro atoms. The Morgan fingerprint density at radius 3 is 2.67 bits per heavy atom. The van der Waals surface area contributed by atoms with Crippen LogP contribution in [0, 0.1) is 5.92 Å². The Labute approximate surface area is 274 Å². The maximum atomic E-state index is 13.6. The van der Waals surface area contributed by atoms with Gasteiger partial charge in [-0.2, -0.15) is 0 Å². The van der Waals surface area contributed by atoms with Gasteiger partial charge in [0.05, 0.1) is 35.5 Å². The van der Waals surface area contributed by atoms with Crippen LogP contribution in [0.4, 0.5) is 5.69 Å². The van der Waals surface area contributed by atoms with Crippen LogP contribution in [-0.4, -0.2) is 70.2 Å². The molecule has 2 N–H and O–H groups in total. The summed E-state index contributed by atoms with van der Waals surface area (Å²) in [5.74, 6) is 0.323. The smallest absolute Gasteiger partial charge is 0.228 e. The van der Waals surface area contributed by atoms with Crippen molar-refractivity contribution >= 4 is 51.6 Å². The van der Waals surface area contributed by atoms with Crippen molar-refractivity contribution in [2.45, 2.75) is 45.4 Å². The molecule has 1 aliphatic rings. The first-order valence-corrected chi connectivity index (χ1v) is 15.9. The molecule has 0 aliphatic carbocycles. The molecule has 0 saturated heterocycles. The minimum absolute atomic E-state index is 0.0368. The van der Waals surface area contributed by atoms with E-state index in [9.17, 15) is 14.7 Å². The normalized spacial score (nSPS) is 17.8. The van der Waals surface area contributed by atoms with Gasteiger partial charge in [-0.1, -0.05) is 54.4 Å². The molecular weight excluding hydrogens is 611 g/mol. The van der Waals surface area contributed by atoms with Crippen LogP contribution in [0.25, 0.3) is 10.9 Å². The van der Waals surface area contributed by atoms with E-state index in [-0.39, 0.29) is 49.3 Å². The Kier molecular flexibility index (Phi) is 10.4. The van der Waals surface area contributed by atoms with Crippen LogP contribution in [0.1, 0.15) is 30.5 Å². The Balaban J connectivity index is 1.37. The first-order chi connectivity index (χ1) is 21.5. The number of nitrogens with zero attached hydrogens (tertiary/aromatic N) is 3. The van der Waals surface area contributed by atoms with Gasteiger partial charge in [0.1, 0.15) is 11.9 Å². The SMILES string of the molecule is C[C@@H]1CN([C@H](C)CO)C(=O)Cc2cc(NC(=O)Cc3cn(C)c4ccccc34)ccc2O[C@H]1CN(C)Cc1ccc(Cl)c(Cl)c1. The number of rotatable bonds is 9. The van der Waals surface area contributed by atoms with Gasteiger partial charge in [-0.05, 0) is 61.5 Å². The van der Waals surface area contributed by atoms with Gasteiger partial charge in [0, 0.05) is 61.0 Å². The molecule has 0 unspecified atom stereocenters. The van der Waals surface area contributed by atoms with Gasteiger partial charge < -0.3 is 24.6 Å². The lowest BCUT2D eigenvalue weighted by atomic mass is 10.0. The van der Waals surface area contributed by atoms with Gasteiger partial charge in [0.2, 0.25) is 11.8 Å². The van der Waals surface area contributed by atoms with Crippen LogP contribution >= 0.6 is 23.2 Å². The van der Waals surface area contributed by atoms with Crippen LogP contribution in [0.3, 0.4) is 0 Å². The molecule has 8 nitrogen and oxygen atoms in total. The van der Waals surface area contributed by atoms with E-state index in [1.165, 1.54) is 0 Å². The number of carbonyl (C=O) groups is 2. The van der Waals surface area contributed by atoms with E-state index in [0.29, 0.717) is 46.7 Å². The third kappa shape index (κ3) is 7.82. The molecule has 238 valence electrons. The molecule has 1 aliphatic heterocycles. The molecule has 45 heavy (non-hydrogen) atoms. The zero-order valence-corrected chi connectivity index (χ0v) is 27.6. The third-order valence-corrected chi connectivity index (χ3v) is 9.20. The summed E-state index contributed by atoms with van der Waals surface area (Å²) in [5.41, 5.74) is 4.32. The number of benzene rings is 3. The predicted octanol–water partition coefficient (Wildman–Crippen LogP) is 5.95. The highest BCUT2D eigenvalue weighted by molar-refractivity contribution is 6.42. The third-order valence-electron chi connectivity index (χ3n) is 8.46. The topological polar surface area (TPSA) is 87.0 Å². The fourth-order valence-electron chi connectivity index (χ4n) is 5.99. The lowest BCUT2D eigenvalue weighted by Gasteiger charge is -2.34. The predicted molar refractivity (Wildman–Crippen MR) is 180 cm³/mol. The summed E-state index contributed by atoms with van der Waals surface area (Å²) in [6.45, 7) is 5.43. The average molecular weight is 652 g/mol. The zero-order chi connectivity index (χ0) is 32.2. The molecular formula is C35H40Cl2N4O4. The largest absolute Gasteiger partial charge is 0.488 e. The maximum absolute atomic E-state index is 13.6. The minimum Gasteiger partial charge on any atom is -0.488 e.